The number of likely N-dealkylation sites (tertiary alicyclic amines) is 1. The summed E-state index contributed by atoms with van der Waals surface area (Å²) in [7, 11) is 1.97. The van der Waals surface area contributed by atoms with Crippen LogP contribution in [0.1, 0.15) is 32.3 Å². The fraction of sp³-hybridized carbons (Fsp3) is 0.300. The van der Waals surface area contributed by atoms with E-state index in [2.05, 4.69) is 23.5 Å². The second-order valence-corrected chi connectivity index (χ2v) is 11.4. The van der Waals surface area contributed by atoms with Crippen LogP contribution < -0.4 is 5.32 Å². The molecule has 3 aromatic carbocycles. The van der Waals surface area contributed by atoms with Crippen LogP contribution in [-0.4, -0.2) is 43.8 Å². The summed E-state index contributed by atoms with van der Waals surface area (Å²) in [6.07, 6.45) is 1.63. The van der Waals surface area contributed by atoms with Crippen LogP contribution in [0.5, 0.6) is 0 Å². The van der Waals surface area contributed by atoms with E-state index < -0.39 is 5.54 Å². The van der Waals surface area contributed by atoms with Crippen LogP contribution in [0.15, 0.2) is 78.0 Å². The van der Waals surface area contributed by atoms with Gasteiger partial charge in [0.05, 0.1) is 23.3 Å². The van der Waals surface area contributed by atoms with Crippen molar-refractivity contribution < 1.29 is 14.1 Å². The fourth-order valence-corrected chi connectivity index (χ4v) is 6.45. The van der Waals surface area contributed by atoms with Gasteiger partial charge in [-0.15, -0.1) is 0 Å². The standard InChI is InChI=1S/C30H32N4O2S/c1-21-15-16-26-25(19-21)31-28(33(26)4)37-20-27(35)34(18-10-17-30(34,2)3)29(36)32-24-14-9-8-13-23(24)22-11-6-5-7-12-22/h5-9,11-16,19H,10,17-18,20H2,1-4H3/p+1. The van der Waals surface area contributed by atoms with Crippen LogP contribution in [0, 0.1) is 6.92 Å². The zero-order valence-corrected chi connectivity index (χ0v) is 22.6. The van der Waals surface area contributed by atoms with E-state index in [1.54, 1.807) is 0 Å². The minimum absolute atomic E-state index is 0.0922. The molecule has 1 saturated heterocycles. The molecular weight excluding hydrogens is 480 g/mol. The Morgan fingerprint density at radius 1 is 1.05 bits per heavy atom. The molecule has 2 heterocycles. The van der Waals surface area contributed by atoms with E-state index in [9.17, 15) is 9.59 Å². The number of carbonyl (C=O) groups excluding carboxylic acids is 2. The van der Waals surface area contributed by atoms with Crippen molar-refractivity contribution in [3.05, 3.63) is 78.4 Å². The average molecular weight is 514 g/mol. The van der Waals surface area contributed by atoms with Gasteiger partial charge in [-0.2, -0.15) is 4.48 Å². The van der Waals surface area contributed by atoms with Crippen LogP contribution in [0.2, 0.25) is 0 Å². The number of rotatable bonds is 5. The Balaban J connectivity index is 1.43. The van der Waals surface area contributed by atoms with E-state index >= 15 is 0 Å². The number of nitrogens with zero attached hydrogens (tertiary/aromatic N) is 3. The second-order valence-electron chi connectivity index (χ2n) is 10.4. The molecule has 1 aliphatic rings. The van der Waals surface area contributed by atoms with E-state index in [1.165, 1.54) is 11.8 Å². The maximum absolute atomic E-state index is 14.0. The highest BCUT2D eigenvalue weighted by Gasteiger charge is 2.59. The number of imide groups is 1. The Bertz CT molecular complexity index is 1480. The third-order valence-corrected chi connectivity index (χ3v) is 8.68. The summed E-state index contributed by atoms with van der Waals surface area (Å²) in [5.41, 5.74) is 5.25. The van der Waals surface area contributed by atoms with Crippen molar-refractivity contribution in [3.8, 4) is 11.1 Å². The molecule has 3 amide bonds. The number of aromatic nitrogens is 2. The van der Waals surface area contributed by atoms with Crippen LogP contribution in [0.3, 0.4) is 0 Å². The second kappa shape index (κ2) is 9.80. The molecule has 1 N–H and O–H groups in total. The SMILES string of the molecule is Cc1ccc2c(c1)nc(SCC(=O)[N+]1(C(=O)Nc3ccccc3-c3ccccc3)CCCC1(C)C)n2C. The fourth-order valence-electron chi connectivity index (χ4n) is 5.52. The lowest BCUT2D eigenvalue weighted by molar-refractivity contribution is -0.808. The Kier molecular flexibility index (Phi) is 6.68. The molecule has 1 atom stereocenters. The van der Waals surface area contributed by atoms with Crippen molar-refractivity contribution in [3.63, 3.8) is 0 Å². The molecule has 7 heteroatoms. The third-order valence-electron chi connectivity index (χ3n) is 7.66. The number of anilines is 1. The van der Waals surface area contributed by atoms with Gasteiger partial charge in [-0.3, -0.25) is 5.32 Å². The van der Waals surface area contributed by atoms with Crippen LogP contribution >= 0.6 is 11.8 Å². The Morgan fingerprint density at radius 2 is 1.78 bits per heavy atom. The predicted octanol–water partition coefficient (Wildman–Crippen LogP) is 6.79. The number of quaternary nitrogens is 1. The van der Waals surface area contributed by atoms with Crippen LogP contribution in [0.25, 0.3) is 22.2 Å². The van der Waals surface area contributed by atoms with Gasteiger partial charge in [0.25, 0.3) is 0 Å². The molecule has 0 saturated carbocycles. The first-order valence-electron chi connectivity index (χ1n) is 12.7. The van der Waals surface area contributed by atoms with Crippen LogP contribution in [-0.2, 0) is 11.8 Å². The normalized spacial score (nSPS) is 18.7. The Hall–Kier alpha value is -3.42. The Labute approximate surface area is 222 Å². The summed E-state index contributed by atoms with van der Waals surface area (Å²) in [6, 6.07) is 23.7. The predicted molar refractivity (Wildman–Crippen MR) is 151 cm³/mol. The first-order chi connectivity index (χ1) is 17.7. The molecule has 0 aliphatic carbocycles. The first-order valence-corrected chi connectivity index (χ1v) is 13.6. The van der Waals surface area contributed by atoms with Gasteiger partial charge in [0.15, 0.2) is 5.16 Å². The summed E-state index contributed by atoms with van der Waals surface area (Å²) >= 11 is 1.40. The lowest BCUT2D eigenvalue weighted by atomic mass is 9.99. The first kappa shape index (κ1) is 25.2. The topological polar surface area (TPSA) is 64.0 Å². The molecule has 1 aliphatic heterocycles. The maximum Gasteiger partial charge on any atom is 0.428 e. The van der Waals surface area contributed by atoms with E-state index in [4.69, 9.17) is 4.98 Å². The summed E-state index contributed by atoms with van der Waals surface area (Å²) in [5.74, 6) is 0.0817. The number of hydrogen-bond acceptors (Lipinski definition) is 4. The third kappa shape index (κ3) is 4.47. The highest BCUT2D eigenvalue weighted by molar-refractivity contribution is 7.99. The molecule has 6 nitrogen and oxygen atoms in total. The summed E-state index contributed by atoms with van der Waals surface area (Å²) < 4.78 is 1.80. The van der Waals surface area contributed by atoms with E-state index in [0.29, 0.717) is 12.2 Å². The molecule has 1 fully saturated rings. The van der Waals surface area contributed by atoms with Gasteiger partial charge in [0.1, 0.15) is 11.3 Å². The van der Waals surface area contributed by atoms with Crippen molar-refractivity contribution in [2.45, 2.75) is 44.3 Å². The number of hydrogen-bond donors (Lipinski definition) is 1. The monoisotopic (exact) mass is 513 g/mol. The van der Waals surface area contributed by atoms with E-state index in [0.717, 1.165) is 45.7 Å². The number of carbonyl (C=O) groups is 2. The number of para-hydroxylation sites is 1. The number of amides is 3. The van der Waals surface area contributed by atoms with Crippen LogP contribution in [0.4, 0.5) is 10.5 Å². The molecule has 1 unspecified atom stereocenters. The largest absolute Gasteiger partial charge is 0.428 e. The molecular formula is C30H33N4O2S+. The van der Waals surface area contributed by atoms with Gasteiger partial charge in [-0.05, 0) is 50.1 Å². The highest BCUT2D eigenvalue weighted by Crippen LogP contribution is 2.40. The number of imidazole rings is 1. The van der Waals surface area contributed by atoms with E-state index in [1.807, 2.05) is 87.0 Å². The van der Waals surface area contributed by atoms with Gasteiger partial charge < -0.3 is 4.57 Å². The zero-order valence-electron chi connectivity index (χ0n) is 21.8. The van der Waals surface area contributed by atoms with Crippen molar-refractivity contribution in [2.75, 3.05) is 17.6 Å². The minimum atomic E-state index is -0.507. The molecule has 0 spiro atoms. The molecule has 5 rings (SSSR count). The number of benzene rings is 3. The van der Waals surface area contributed by atoms with Gasteiger partial charge in [-0.25, -0.2) is 14.6 Å². The van der Waals surface area contributed by atoms with Gasteiger partial charge in [0, 0.05) is 25.5 Å². The molecule has 4 aromatic rings. The minimum Gasteiger partial charge on any atom is -0.322 e. The summed E-state index contributed by atoms with van der Waals surface area (Å²) in [4.78, 5) is 32.8. The molecule has 0 radical (unpaired) electrons. The average Bonchev–Trinajstić information content (AvgIpc) is 3.38. The summed E-state index contributed by atoms with van der Waals surface area (Å²) in [6.45, 7) is 6.60. The number of urea groups is 1. The van der Waals surface area contributed by atoms with Crippen molar-refractivity contribution in [2.24, 2.45) is 7.05 Å². The van der Waals surface area contributed by atoms with Crippen molar-refractivity contribution in [1.82, 2.24) is 9.55 Å². The summed E-state index contributed by atoms with van der Waals surface area (Å²) in [5, 5.41) is 3.92. The zero-order chi connectivity index (χ0) is 26.2. The Morgan fingerprint density at radius 3 is 2.51 bits per heavy atom. The van der Waals surface area contributed by atoms with Crippen molar-refractivity contribution >= 4 is 40.4 Å². The lowest BCUT2D eigenvalue weighted by Gasteiger charge is -2.39. The number of fused-ring (bicyclic) bond motifs is 1. The lowest BCUT2D eigenvalue weighted by Crippen LogP contribution is -2.66. The van der Waals surface area contributed by atoms with Crippen molar-refractivity contribution in [1.29, 1.82) is 0 Å². The van der Waals surface area contributed by atoms with E-state index in [-0.39, 0.29) is 22.2 Å². The van der Waals surface area contributed by atoms with Gasteiger partial charge >= 0.3 is 11.9 Å². The number of nitrogens with one attached hydrogen (secondary N) is 1. The highest BCUT2D eigenvalue weighted by atomic mass is 32.2. The molecule has 37 heavy (non-hydrogen) atoms. The molecule has 0 bridgehead atoms. The van der Waals surface area contributed by atoms with Gasteiger partial charge in [-0.1, -0.05) is 66.4 Å². The number of aryl methyl sites for hydroxylation is 2. The molecule has 190 valence electrons. The van der Waals surface area contributed by atoms with Gasteiger partial charge in [0.2, 0.25) is 0 Å². The maximum atomic E-state index is 14.0. The number of thioether (sulfide) groups is 1. The quantitative estimate of drug-likeness (QED) is 0.236. The molecule has 1 aromatic heterocycles. The smallest absolute Gasteiger partial charge is 0.322 e.